The molecule has 2 aromatic carbocycles. The minimum atomic E-state index is -3.47. The van der Waals surface area contributed by atoms with Gasteiger partial charge in [0, 0.05) is 23.4 Å². The predicted molar refractivity (Wildman–Crippen MR) is 99.5 cm³/mol. The number of hydrogen-bond donors (Lipinski definition) is 2. The number of phenols is 1. The molecule has 0 aliphatic rings. The highest BCUT2D eigenvalue weighted by Gasteiger charge is 2.16. The lowest BCUT2D eigenvalue weighted by Crippen LogP contribution is -2.14. The lowest BCUT2D eigenvalue weighted by Gasteiger charge is -2.09. The Morgan fingerprint density at radius 1 is 1.08 bits per heavy atom. The number of halogens is 1. The number of sulfone groups is 1. The van der Waals surface area contributed by atoms with Crippen LogP contribution in [0.5, 0.6) is 5.75 Å². The lowest BCUT2D eigenvalue weighted by atomic mass is 10.1. The van der Waals surface area contributed by atoms with E-state index in [4.69, 9.17) is 11.6 Å². The van der Waals surface area contributed by atoms with Crippen molar-refractivity contribution in [2.24, 2.45) is 0 Å². The molecule has 0 atom stereocenters. The summed E-state index contributed by atoms with van der Waals surface area (Å²) in [5.74, 6) is -1.07. The summed E-state index contributed by atoms with van der Waals surface area (Å²) in [5.41, 5.74) is 0.435. The van der Waals surface area contributed by atoms with Gasteiger partial charge < -0.3 is 10.4 Å². The molecule has 26 heavy (non-hydrogen) atoms. The third-order valence-electron chi connectivity index (χ3n) is 3.73. The van der Waals surface area contributed by atoms with Crippen molar-refractivity contribution in [2.75, 3.05) is 11.1 Å². The Labute approximate surface area is 156 Å². The standard InChI is InChI=1S/C18H18ClNO5S/c1-2-26(24,25)14-7-8-17(22)15(11-14)20-18(23)10-9-16(21)12-3-5-13(19)6-4-12/h3-8,11,22H,2,9-10H2,1H3,(H,20,23). The molecule has 2 rings (SSSR count). The Bertz CT molecular complexity index is 923. The van der Waals surface area contributed by atoms with E-state index in [1.807, 2.05) is 0 Å². The first kappa shape index (κ1) is 19.9. The Morgan fingerprint density at radius 3 is 2.35 bits per heavy atom. The molecule has 0 bridgehead atoms. The highest BCUT2D eigenvalue weighted by atomic mass is 35.5. The summed E-state index contributed by atoms with van der Waals surface area (Å²) < 4.78 is 23.8. The highest BCUT2D eigenvalue weighted by molar-refractivity contribution is 7.91. The van der Waals surface area contributed by atoms with Gasteiger partial charge in [-0.15, -0.1) is 0 Å². The topological polar surface area (TPSA) is 101 Å². The number of amides is 1. The number of nitrogens with one attached hydrogen (secondary N) is 1. The smallest absolute Gasteiger partial charge is 0.224 e. The lowest BCUT2D eigenvalue weighted by molar-refractivity contribution is -0.116. The molecule has 2 aromatic rings. The third-order valence-corrected chi connectivity index (χ3v) is 5.71. The summed E-state index contributed by atoms with van der Waals surface area (Å²) in [6.07, 6.45) is -0.132. The van der Waals surface area contributed by atoms with Crippen molar-refractivity contribution in [3.63, 3.8) is 0 Å². The molecule has 0 radical (unpaired) electrons. The molecule has 0 aromatic heterocycles. The number of aromatic hydroxyl groups is 1. The van der Waals surface area contributed by atoms with Gasteiger partial charge in [-0.05, 0) is 42.5 Å². The van der Waals surface area contributed by atoms with Crippen molar-refractivity contribution >= 4 is 38.8 Å². The molecular weight excluding hydrogens is 378 g/mol. The molecule has 0 aliphatic carbocycles. The van der Waals surface area contributed by atoms with Gasteiger partial charge in [-0.3, -0.25) is 9.59 Å². The van der Waals surface area contributed by atoms with Gasteiger partial charge in [0.15, 0.2) is 15.6 Å². The SMILES string of the molecule is CCS(=O)(=O)c1ccc(O)c(NC(=O)CCC(=O)c2ccc(Cl)cc2)c1. The highest BCUT2D eigenvalue weighted by Crippen LogP contribution is 2.27. The zero-order chi connectivity index (χ0) is 19.3. The summed E-state index contributed by atoms with van der Waals surface area (Å²) >= 11 is 5.76. The Morgan fingerprint density at radius 2 is 1.73 bits per heavy atom. The maximum Gasteiger partial charge on any atom is 0.224 e. The number of carbonyl (C=O) groups is 2. The van der Waals surface area contributed by atoms with E-state index < -0.39 is 15.7 Å². The number of carbonyl (C=O) groups excluding carboxylic acids is 2. The molecule has 0 saturated carbocycles. The molecule has 2 N–H and O–H groups in total. The number of hydrogen-bond acceptors (Lipinski definition) is 5. The van der Waals surface area contributed by atoms with E-state index in [-0.39, 0.29) is 40.7 Å². The van der Waals surface area contributed by atoms with Gasteiger partial charge in [-0.1, -0.05) is 18.5 Å². The van der Waals surface area contributed by atoms with Crippen LogP contribution in [0.3, 0.4) is 0 Å². The van der Waals surface area contributed by atoms with Crippen molar-refractivity contribution in [3.8, 4) is 5.75 Å². The molecule has 138 valence electrons. The summed E-state index contributed by atoms with van der Waals surface area (Å²) in [6.45, 7) is 1.50. The molecule has 8 heteroatoms. The van der Waals surface area contributed by atoms with Crippen LogP contribution in [0, 0.1) is 0 Å². The van der Waals surface area contributed by atoms with E-state index in [9.17, 15) is 23.1 Å². The Kier molecular flexibility index (Phi) is 6.39. The van der Waals surface area contributed by atoms with Crippen LogP contribution < -0.4 is 5.32 Å². The van der Waals surface area contributed by atoms with E-state index in [1.54, 1.807) is 24.3 Å². The van der Waals surface area contributed by atoms with Gasteiger partial charge in [-0.25, -0.2) is 8.42 Å². The average Bonchev–Trinajstić information content (AvgIpc) is 2.62. The quantitative estimate of drug-likeness (QED) is 0.552. The zero-order valence-electron chi connectivity index (χ0n) is 14.0. The van der Waals surface area contributed by atoms with Crippen LogP contribution in [0.15, 0.2) is 47.4 Å². The summed E-state index contributed by atoms with van der Waals surface area (Å²) in [5, 5.41) is 12.8. The van der Waals surface area contributed by atoms with E-state index in [0.717, 1.165) is 0 Å². The molecule has 0 saturated heterocycles. The van der Waals surface area contributed by atoms with Gasteiger partial charge in [0.2, 0.25) is 5.91 Å². The van der Waals surface area contributed by atoms with Gasteiger partial charge in [0.1, 0.15) is 5.75 Å². The summed E-state index contributed by atoms with van der Waals surface area (Å²) in [6, 6.07) is 10.0. The maximum atomic E-state index is 12.1. The summed E-state index contributed by atoms with van der Waals surface area (Å²) in [4.78, 5) is 24.1. The second kappa shape index (κ2) is 8.33. The second-order valence-corrected chi connectivity index (χ2v) is 8.28. The van der Waals surface area contributed by atoms with Gasteiger partial charge in [0.25, 0.3) is 0 Å². The number of ketones is 1. The van der Waals surface area contributed by atoms with Crippen LogP contribution in [0.2, 0.25) is 5.02 Å². The second-order valence-electron chi connectivity index (χ2n) is 5.56. The largest absolute Gasteiger partial charge is 0.506 e. The first-order valence-electron chi connectivity index (χ1n) is 7.87. The van der Waals surface area contributed by atoms with Gasteiger partial charge in [0.05, 0.1) is 16.3 Å². The minimum Gasteiger partial charge on any atom is -0.506 e. The van der Waals surface area contributed by atoms with Crippen LogP contribution in [-0.2, 0) is 14.6 Å². The fraction of sp³-hybridized carbons (Fsp3) is 0.222. The Hall–Kier alpha value is -2.38. The van der Waals surface area contributed by atoms with E-state index in [0.29, 0.717) is 10.6 Å². The average molecular weight is 396 g/mol. The van der Waals surface area contributed by atoms with Crippen molar-refractivity contribution < 1.29 is 23.1 Å². The number of Topliss-reactive ketones (excluding diaryl/α,β-unsaturated/α-hetero) is 1. The molecule has 0 fully saturated rings. The molecule has 0 aliphatic heterocycles. The van der Waals surface area contributed by atoms with Crippen molar-refractivity contribution in [1.29, 1.82) is 0 Å². The monoisotopic (exact) mass is 395 g/mol. The van der Waals surface area contributed by atoms with Gasteiger partial charge >= 0.3 is 0 Å². The maximum absolute atomic E-state index is 12.1. The van der Waals surface area contributed by atoms with Crippen molar-refractivity contribution in [1.82, 2.24) is 0 Å². The molecule has 0 heterocycles. The zero-order valence-corrected chi connectivity index (χ0v) is 15.6. The molecule has 0 spiro atoms. The first-order chi connectivity index (χ1) is 12.2. The van der Waals surface area contributed by atoms with E-state index in [1.165, 1.54) is 25.1 Å². The number of anilines is 1. The number of rotatable bonds is 7. The van der Waals surface area contributed by atoms with Crippen molar-refractivity contribution in [2.45, 2.75) is 24.7 Å². The first-order valence-corrected chi connectivity index (χ1v) is 9.90. The Balaban J connectivity index is 2.02. The van der Waals surface area contributed by atoms with Crippen LogP contribution >= 0.6 is 11.6 Å². The van der Waals surface area contributed by atoms with Crippen LogP contribution in [-0.4, -0.2) is 31.0 Å². The number of phenolic OH excluding ortho intramolecular Hbond substituents is 1. The fourth-order valence-electron chi connectivity index (χ4n) is 2.20. The van der Waals surface area contributed by atoms with E-state index >= 15 is 0 Å². The summed E-state index contributed by atoms with van der Waals surface area (Å²) in [7, 11) is -3.47. The van der Waals surface area contributed by atoms with Crippen LogP contribution in [0.4, 0.5) is 5.69 Å². The minimum absolute atomic E-state index is 0.00495. The molecule has 1 amide bonds. The van der Waals surface area contributed by atoms with Crippen LogP contribution in [0.25, 0.3) is 0 Å². The number of benzene rings is 2. The molecule has 0 unspecified atom stereocenters. The fourth-order valence-corrected chi connectivity index (χ4v) is 3.23. The molecular formula is C18H18ClNO5S. The van der Waals surface area contributed by atoms with Gasteiger partial charge in [-0.2, -0.15) is 0 Å². The van der Waals surface area contributed by atoms with Crippen LogP contribution in [0.1, 0.15) is 30.1 Å². The molecule has 6 nitrogen and oxygen atoms in total. The predicted octanol–water partition coefficient (Wildman–Crippen LogP) is 3.44. The third kappa shape index (κ3) is 5.06. The van der Waals surface area contributed by atoms with Crippen molar-refractivity contribution in [3.05, 3.63) is 53.1 Å². The van der Waals surface area contributed by atoms with E-state index in [2.05, 4.69) is 5.32 Å². The normalized spacial score (nSPS) is 11.2.